The minimum atomic E-state index is -0.562. The summed E-state index contributed by atoms with van der Waals surface area (Å²) in [6.07, 6.45) is 4.61. The van der Waals surface area contributed by atoms with Crippen molar-refractivity contribution in [2.45, 2.75) is 4.84 Å². The van der Waals surface area contributed by atoms with Crippen molar-refractivity contribution in [3.8, 4) is 0 Å². The number of hydrogen-bond donors (Lipinski definition) is 0. The topological polar surface area (TPSA) is 18.5 Å². The lowest BCUT2D eigenvalue weighted by Crippen LogP contribution is -1.88. The van der Waals surface area contributed by atoms with E-state index in [1.54, 1.807) is 6.08 Å². The van der Waals surface area contributed by atoms with Crippen molar-refractivity contribution in [3.63, 3.8) is 0 Å². The predicted octanol–water partition coefficient (Wildman–Crippen LogP) is 3.01. The maximum atomic E-state index is 5.54. The van der Waals surface area contributed by atoms with Gasteiger partial charge >= 0.3 is 9.03 Å². The summed E-state index contributed by atoms with van der Waals surface area (Å²) in [7, 11) is 0.425. The molecule has 0 aromatic heterocycles. The van der Waals surface area contributed by atoms with Crippen molar-refractivity contribution in [3.05, 3.63) is 24.2 Å². The fourth-order valence-corrected chi connectivity index (χ4v) is 0.978. The van der Waals surface area contributed by atoms with Gasteiger partial charge in [0.05, 0.1) is 12.5 Å². The van der Waals surface area contributed by atoms with E-state index in [4.69, 9.17) is 32.2 Å². The SMILES string of the molecule is ClC(Cl)C1=CO[P]OC=C1. The Morgan fingerprint density at radius 2 is 2.20 bits per heavy atom. The Kier molecular flexibility index (Phi) is 3.33. The fraction of sp³-hybridized carbons (Fsp3) is 0.200. The molecule has 0 aromatic carbocycles. The summed E-state index contributed by atoms with van der Waals surface area (Å²) >= 11 is 11.1. The molecule has 0 spiro atoms. The maximum Gasteiger partial charge on any atom is 0.403 e. The van der Waals surface area contributed by atoms with E-state index in [-0.39, 0.29) is 0 Å². The van der Waals surface area contributed by atoms with Crippen molar-refractivity contribution in [1.82, 2.24) is 0 Å². The molecule has 0 bridgehead atoms. The molecule has 0 N–H and O–H groups in total. The van der Waals surface area contributed by atoms with E-state index in [1.165, 1.54) is 12.5 Å². The molecule has 0 amide bonds. The molecular weight excluding hydrogens is 194 g/mol. The van der Waals surface area contributed by atoms with Crippen LogP contribution >= 0.6 is 32.2 Å². The first-order valence-electron chi connectivity index (χ1n) is 2.47. The molecule has 1 radical (unpaired) electrons. The number of hydrogen-bond acceptors (Lipinski definition) is 2. The Labute approximate surface area is 70.7 Å². The van der Waals surface area contributed by atoms with Crippen molar-refractivity contribution >= 4 is 32.2 Å². The van der Waals surface area contributed by atoms with Crippen LogP contribution in [0.4, 0.5) is 0 Å². The molecule has 0 saturated heterocycles. The van der Waals surface area contributed by atoms with Gasteiger partial charge in [-0.05, 0) is 6.08 Å². The first-order chi connectivity index (χ1) is 4.80. The van der Waals surface area contributed by atoms with Crippen molar-refractivity contribution in [2.75, 3.05) is 0 Å². The average molecular weight is 198 g/mol. The summed E-state index contributed by atoms with van der Waals surface area (Å²) < 4.78 is 9.60. The quantitative estimate of drug-likeness (QED) is 0.476. The standard InChI is InChI=1S/C5H4Cl2O2P/c6-5(7)4-1-2-8-10-9-3-4/h1-3,5H. The molecule has 0 unspecified atom stereocenters. The second-order valence-electron chi connectivity index (χ2n) is 1.51. The van der Waals surface area contributed by atoms with Gasteiger partial charge in [0.25, 0.3) is 0 Å². The summed E-state index contributed by atoms with van der Waals surface area (Å²) in [5.41, 5.74) is 0.688. The molecule has 10 heavy (non-hydrogen) atoms. The fourth-order valence-electron chi connectivity index (χ4n) is 0.405. The van der Waals surface area contributed by atoms with Crippen LogP contribution in [0.2, 0.25) is 0 Å². The average Bonchev–Trinajstić information content (AvgIpc) is 2.12. The predicted molar refractivity (Wildman–Crippen MR) is 41.8 cm³/mol. The lowest BCUT2D eigenvalue weighted by Gasteiger charge is -1.97. The number of alkyl halides is 2. The highest BCUT2D eigenvalue weighted by Gasteiger charge is 2.06. The Morgan fingerprint density at radius 3 is 2.90 bits per heavy atom. The normalized spacial score (nSPS) is 19.7. The van der Waals surface area contributed by atoms with Crippen LogP contribution < -0.4 is 0 Å². The first-order valence-corrected chi connectivity index (χ1v) is 4.08. The van der Waals surface area contributed by atoms with Crippen LogP contribution in [0.3, 0.4) is 0 Å². The highest BCUT2D eigenvalue weighted by Crippen LogP contribution is 2.24. The molecule has 0 saturated carbocycles. The summed E-state index contributed by atoms with van der Waals surface area (Å²) in [6.45, 7) is 0. The second-order valence-corrected chi connectivity index (χ2v) is 3.17. The smallest absolute Gasteiger partial charge is 0.403 e. The van der Waals surface area contributed by atoms with Gasteiger partial charge in [0.2, 0.25) is 0 Å². The molecule has 1 heterocycles. The van der Waals surface area contributed by atoms with E-state index in [0.29, 0.717) is 14.6 Å². The van der Waals surface area contributed by atoms with Gasteiger partial charge in [-0.1, -0.05) is 23.2 Å². The summed E-state index contributed by atoms with van der Waals surface area (Å²) in [5.74, 6) is 0. The molecule has 2 nitrogen and oxygen atoms in total. The number of rotatable bonds is 1. The Morgan fingerprint density at radius 1 is 1.40 bits per heavy atom. The minimum Gasteiger partial charge on any atom is -0.439 e. The van der Waals surface area contributed by atoms with Gasteiger partial charge < -0.3 is 9.05 Å². The first kappa shape index (κ1) is 8.19. The third-order valence-corrected chi connectivity index (χ3v) is 1.75. The van der Waals surface area contributed by atoms with Gasteiger partial charge in [0, 0.05) is 5.57 Å². The van der Waals surface area contributed by atoms with Gasteiger partial charge in [-0.2, -0.15) is 0 Å². The van der Waals surface area contributed by atoms with E-state index in [9.17, 15) is 0 Å². The zero-order chi connectivity index (χ0) is 7.40. The Hall–Kier alpha value is 0.0900. The number of allylic oxidation sites excluding steroid dienone is 2. The van der Waals surface area contributed by atoms with Crippen molar-refractivity contribution in [2.24, 2.45) is 0 Å². The maximum absolute atomic E-state index is 5.54. The minimum absolute atomic E-state index is 0.425. The van der Waals surface area contributed by atoms with Crippen LogP contribution in [0, 0.1) is 0 Å². The van der Waals surface area contributed by atoms with Gasteiger partial charge in [0.1, 0.15) is 4.84 Å². The highest BCUT2D eigenvalue weighted by atomic mass is 35.5. The van der Waals surface area contributed by atoms with Crippen LogP contribution in [-0.2, 0) is 9.05 Å². The van der Waals surface area contributed by atoms with E-state index in [1.807, 2.05) is 0 Å². The van der Waals surface area contributed by atoms with Gasteiger partial charge in [-0.25, -0.2) is 0 Å². The third-order valence-electron chi connectivity index (χ3n) is 0.848. The third kappa shape index (κ3) is 2.37. The van der Waals surface area contributed by atoms with E-state index in [2.05, 4.69) is 0 Å². The monoisotopic (exact) mass is 197 g/mol. The van der Waals surface area contributed by atoms with E-state index >= 15 is 0 Å². The molecule has 0 aliphatic carbocycles. The van der Waals surface area contributed by atoms with Crippen LogP contribution in [-0.4, -0.2) is 4.84 Å². The molecule has 5 heteroatoms. The van der Waals surface area contributed by atoms with Crippen LogP contribution in [0.15, 0.2) is 24.2 Å². The summed E-state index contributed by atoms with van der Waals surface area (Å²) in [5, 5.41) is 0. The van der Waals surface area contributed by atoms with Crippen LogP contribution in [0.25, 0.3) is 0 Å². The number of halogens is 2. The molecule has 1 aliphatic rings. The van der Waals surface area contributed by atoms with E-state index < -0.39 is 4.84 Å². The summed E-state index contributed by atoms with van der Waals surface area (Å²) in [6, 6.07) is 0. The van der Waals surface area contributed by atoms with Gasteiger partial charge in [-0.15, -0.1) is 0 Å². The summed E-state index contributed by atoms with van der Waals surface area (Å²) in [4.78, 5) is -0.562. The Bertz CT molecular complexity index is 167. The lowest BCUT2D eigenvalue weighted by atomic mass is 10.3. The van der Waals surface area contributed by atoms with E-state index in [0.717, 1.165) is 0 Å². The molecule has 1 aliphatic heterocycles. The van der Waals surface area contributed by atoms with Crippen molar-refractivity contribution in [1.29, 1.82) is 0 Å². The largest absolute Gasteiger partial charge is 0.439 e. The second kappa shape index (κ2) is 4.07. The van der Waals surface area contributed by atoms with Crippen LogP contribution in [0.1, 0.15) is 0 Å². The molecule has 1 rings (SSSR count). The molecule has 55 valence electrons. The van der Waals surface area contributed by atoms with Gasteiger partial charge in [0.15, 0.2) is 0 Å². The molecule has 0 aromatic rings. The molecule has 0 atom stereocenters. The van der Waals surface area contributed by atoms with Crippen LogP contribution in [0.5, 0.6) is 0 Å². The highest BCUT2D eigenvalue weighted by molar-refractivity contribution is 7.26. The van der Waals surface area contributed by atoms with Gasteiger partial charge in [-0.3, -0.25) is 0 Å². The Balaban J connectivity index is 2.61. The zero-order valence-electron chi connectivity index (χ0n) is 4.83. The molecule has 0 fully saturated rings. The zero-order valence-corrected chi connectivity index (χ0v) is 7.24. The van der Waals surface area contributed by atoms with Crippen molar-refractivity contribution < 1.29 is 9.05 Å². The lowest BCUT2D eigenvalue weighted by molar-refractivity contribution is 0.437. The molecular formula is C5H4Cl2O2P.